The van der Waals surface area contributed by atoms with Gasteiger partial charge in [-0.3, -0.25) is 9.20 Å². The topological polar surface area (TPSA) is 88.6 Å². The molecular weight excluding hydrogens is 284 g/mol. The molecule has 1 fully saturated rings. The van der Waals surface area contributed by atoms with E-state index in [0.29, 0.717) is 18.0 Å². The standard InChI is InChI=1S/C15H20N4O3/c20-10-7-12(11-4-5-11)16-14(21)6-9-19-15(22)18-8-2-1-3-13(18)17-19/h1-3,8,11-12,20H,4-7,9-10H2,(H,16,21). The summed E-state index contributed by atoms with van der Waals surface area (Å²) < 4.78 is 2.77. The Morgan fingerprint density at radius 3 is 2.95 bits per heavy atom. The van der Waals surface area contributed by atoms with Crippen molar-refractivity contribution in [3.63, 3.8) is 0 Å². The monoisotopic (exact) mass is 304 g/mol. The van der Waals surface area contributed by atoms with Crippen LogP contribution in [0.15, 0.2) is 29.2 Å². The molecule has 0 aliphatic heterocycles. The van der Waals surface area contributed by atoms with Gasteiger partial charge in [0.05, 0.1) is 6.54 Å². The number of hydrogen-bond donors (Lipinski definition) is 2. The molecule has 118 valence electrons. The maximum Gasteiger partial charge on any atom is 0.350 e. The Morgan fingerprint density at radius 1 is 1.45 bits per heavy atom. The second-order valence-corrected chi connectivity index (χ2v) is 5.71. The highest BCUT2D eigenvalue weighted by atomic mass is 16.3. The number of aryl methyl sites for hydroxylation is 1. The third-order valence-corrected chi connectivity index (χ3v) is 4.02. The molecule has 7 nitrogen and oxygen atoms in total. The number of carbonyl (C=O) groups excluding carboxylic acids is 1. The summed E-state index contributed by atoms with van der Waals surface area (Å²) in [5.41, 5.74) is 0.335. The molecule has 2 N–H and O–H groups in total. The molecule has 1 aliphatic rings. The van der Waals surface area contributed by atoms with Crippen LogP contribution in [0, 0.1) is 5.92 Å². The molecule has 1 unspecified atom stereocenters. The molecule has 3 rings (SSSR count). The first-order chi connectivity index (χ1) is 10.7. The van der Waals surface area contributed by atoms with Crippen LogP contribution in [0.25, 0.3) is 5.65 Å². The first-order valence-corrected chi connectivity index (χ1v) is 7.63. The fraction of sp³-hybridized carbons (Fsp3) is 0.533. The Morgan fingerprint density at radius 2 is 2.27 bits per heavy atom. The Hall–Kier alpha value is -2.15. The van der Waals surface area contributed by atoms with Gasteiger partial charge >= 0.3 is 5.69 Å². The molecule has 2 heterocycles. The molecule has 7 heteroatoms. The predicted molar refractivity (Wildman–Crippen MR) is 80.4 cm³/mol. The van der Waals surface area contributed by atoms with E-state index in [4.69, 9.17) is 5.11 Å². The fourth-order valence-corrected chi connectivity index (χ4v) is 2.66. The van der Waals surface area contributed by atoms with Crippen LogP contribution in [0.2, 0.25) is 0 Å². The van der Waals surface area contributed by atoms with Gasteiger partial charge in [-0.2, -0.15) is 0 Å². The zero-order valence-corrected chi connectivity index (χ0v) is 12.3. The van der Waals surface area contributed by atoms with Crippen molar-refractivity contribution in [3.8, 4) is 0 Å². The lowest BCUT2D eigenvalue weighted by molar-refractivity contribution is -0.122. The Kier molecular flexibility index (Phi) is 4.24. The third-order valence-electron chi connectivity index (χ3n) is 4.02. The van der Waals surface area contributed by atoms with Crippen LogP contribution < -0.4 is 11.0 Å². The first-order valence-electron chi connectivity index (χ1n) is 7.63. The third kappa shape index (κ3) is 3.19. The number of rotatable bonds is 7. The summed E-state index contributed by atoms with van der Waals surface area (Å²) in [6.45, 7) is 0.330. The SMILES string of the molecule is O=C(CCn1nc2ccccn2c1=O)NC(CCO)C1CC1. The van der Waals surface area contributed by atoms with E-state index in [0.717, 1.165) is 12.8 Å². The number of amides is 1. The van der Waals surface area contributed by atoms with E-state index in [1.807, 2.05) is 6.07 Å². The lowest BCUT2D eigenvalue weighted by Crippen LogP contribution is -2.38. The quantitative estimate of drug-likeness (QED) is 0.763. The maximum absolute atomic E-state index is 12.1. The highest BCUT2D eigenvalue weighted by Crippen LogP contribution is 2.33. The van der Waals surface area contributed by atoms with E-state index in [9.17, 15) is 9.59 Å². The largest absolute Gasteiger partial charge is 0.396 e. The number of aliphatic hydroxyl groups excluding tert-OH is 1. The van der Waals surface area contributed by atoms with Crippen molar-refractivity contribution in [2.24, 2.45) is 5.92 Å². The van der Waals surface area contributed by atoms with E-state index in [2.05, 4.69) is 10.4 Å². The van der Waals surface area contributed by atoms with Crippen molar-refractivity contribution in [2.75, 3.05) is 6.61 Å². The van der Waals surface area contributed by atoms with Gasteiger partial charge in [0.25, 0.3) is 0 Å². The minimum Gasteiger partial charge on any atom is -0.396 e. The lowest BCUT2D eigenvalue weighted by atomic mass is 10.1. The molecule has 2 aromatic rings. The summed E-state index contributed by atoms with van der Waals surface area (Å²) in [7, 11) is 0. The summed E-state index contributed by atoms with van der Waals surface area (Å²) in [6, 6.07) is 5.38. The molecule has 1 saturated carbocycles. The number of nitrogens with zero attached hydrogens (tertiary/aromatic N) is 3. The maximum atomic E-state index is 12.1. The summed E-state index contributed by atoms with van der Waals surface area (Å²) in [4.78, 5) is 24.1. The smallest absolute Gasteiger partial charge is 0.350 e. The Labute approximate surface area is 127 Å². The molecule has 0 spiro atoms. The number of pyridine rings is 1. The fourth-order valence-electron chi connectivity index (χ4n) is 2.66. The lowest BCUT2D eigenvalue weighted by Gasteiger charge is -2.16. The first kappa shape index (κ1) is 14.8. The Balaban J connectivity index is 1.60. The minimum absolute atomic E-state index is 0.0512. The normalized spacial score (nSPS) is 15.9. The number of aromatic nitrogens is 3. The number of fused-ring (bicyclic) bond motifs is 1. The highest BCUT2D eigenvalue weighted by Gasteiger charge is 2.31. The molecule has 1 aliphatic carbocycles. The number of hydrogen-bond acceptors (Lipinski definition) is 4. The second kappa shape index (κ2) is 6.31. The average molecular weight is 304 g/mol. The van der Waals surface area contributed by atoms with Gasteiger partial charge in [-0.25, -0.2) is 9.48 Å². The van der Waals surface area contributed by atoms with E-state index in [1.54, 1.807) is 18.3 Å². The molecule has 0 radical (unpaired) electrons. The average Bonchev–Trinajstić information content (AvgIpc) is 3.31. The molecule has 0 aromatic carbocycles. The van der Waals surface area contributed by atoms with Crippen LogP contribution in [0.5, 0.6) is 0 Å². The van der Waals surface area contributed by atoms with Crippen LogP contribution in [-0.4, -0.2) is 37.8 Å². The molecule has 0 bridgehead atoms. The summed E-state index contributed by atoms with van der Waals surface area (Å²) in [5.74, 6) is 0.392. The molecular formula is C15H20N4O3. The van der Waals surface area contributed by atoms with Crippen molar-refractivity contribution in [2.45, 2.75) is 38.3 Å². The molecule has 0 saturated heterocycles. The van der Waals surface area contributed by atoms with Crippen LogP contribution in [0.3, 0.4) is 0 Å². The van der Waals surface area contributed by atoms with Gasteiger partial charge in [0, 0.05) is 25.3 Å². The molecule has 2 aromatic heterocycles. The van der Waals surface area contributed by atoms with Gasteiger partial charge in [0.2, 0.25) is 5.91 Å². The Bertz CT molecular complexity index is 717. The zero-order chi connectivity index (χ0) is 15.5. The van der Waals surface area contributed by atoms with Gasteiger partial charge in [-0.05, 0) is 37.3 Å². The zero-order valence-electron chi connectivity index (χ0n) is 12.3. The van der Waals surface area contributed by atoms with E-state index >= 15 is 0 Å². The summed E-state index contributed by atoms with van der Waals surface area (Å²) in [5, 5.41) is 16.2. The van der Waals surface area contributed by atoms with Gasteiger partial charge < -0.3 is 10.4 Å². The van der Waals surface area contributed by atoms with Crippen LogP contribution >= 0.6 is 0 Å². The van der Waals surface area contributed by atoms with Crippen LogP contribution in [0.1, 0.15) is 25.7 Å². The molecule has 1 amide bonds. The van der Waals surface area contributed by atoms with E-state index in [-0.39, 0.29) is 37.2 Å². The van der Waals surface area contributed by atoms with Crippen molar-refractivity contribution in [3.05, 3.63) is 34.9 Å². The van der Waals surface area contributed by atoms with Crippen molar-refractivity contribution >= 4 is 11.6 Å². The van der Waals surface area contributed by atoms with Gasteiger partial charge in [-0.1, -0.05) is 6.07 Å². The summed E-state index contributed by atoms with van der Waals surface area (Å²) >= 11 is 0. The van der Waals surface area contributed by atoms with Gasteiger partial charge in [-0.15, -0.1) is 5.10 Å². The van der Waals surface area contributed by atoms with Crippen molar-refractivity contribution in [1.82, 2.24) is 19.5 Å². The minimum atomic E-state index is -0.238. The predicted octanol–water partition coefficient (Wildman–Crippen LogP) is 0.163. The van der Waals surface area contributed by atoms with Crippen molar-refractivity contribution < 1.29 is 9.90 Å². The molecule has 22 heavy (non-hydrogen) atoms. The second-order valence-electron chi connectivity index (χ2n) is 5.71. The van der Waals surface area contributed by atoms with Crippen molar-refractivity contribution in [1.29, 1.82) is 0 Å². The number of carbonyl (C=O) groups is 1. The molecule has 1 atom stereocenters. The van der Waals surface area contributed by atoms with Gasteiger partial charge in [0.15, 0.2) is 5.65 Å². The number of nitrogens with one attached hydrogen (secondary N) is 1. The van der Waals surface area contributed by atoms with Crippen LogP contribution in [-0.2, 0) is 11.3 Å². The number of aliphatic hydroxyl groups is 1. The van der Waals surface area contributed by atoms with Gasteiger partial charge in [0.1, 0.15) is 0 Å². The van der Waals surface area contributed by atoms with Crippen LogP contribution in [0.4, 0.5) is 0 Å². The van der Waals surface area contributed by atoms with E-state index in [1.165, 1.54) is 9.08 Å². The highest BCUT2D eigenvalue weighted by molar-refractivity contribution is 5.76. The van der Waals surface area contributed by atoms with E-state index < -0.39 is 0 Å². The summed E-state index contributed by atoms with van der Waals surface area (Å²) in [6.07, 6.45) is 4.67.